The molecule has 2 fully saturated rings. The highest BCUT2D eigenvalue weighted by atomic mass is 16.2. The zero-order valence-electron chi connectivity index (χ0n) is 22.4. The molecule has 2 aromatic rings. The van der Waals surface area contributed by atoms with E-state index in [2.05, 4.69) is 10.6 Å². The van der Waals surface area contributed by atoms with Crippen molar-refractivity contribution in [2.75, 3.05) is 6.54 Å². The second kappa shape index (κ2) is 12.4. The zero-order chi connectivity index (χ0) is 27.2. The maximum absolute atomic E-state index is 13.9. The van der Waals surface area contributed by atoms with Gasteiger partial charge in [-0.2, -0.15) is 0 Å². The van der Waals surface area contributed by atoms with E-state index in [1.165, 1.54) is 6.42 Å². The molecule has 1 saturated carbocycles. The van der Waals surface area contributed by atoms with Crippen molar-refractivity contribution in [1.29, 1.82) is 0 Å². The number of nitrogens with one attached hydrogen (secondary N) is 2. The first kappa shape index (κ1) is 27.6. The van der Waals surface area contributed by atoms with Crippen molar-refractivity contribution in [3.8, 4) is 0 Å². The van der Waals surface area contributed by atoms with Gasteiger partial charge < -0.3 is 21.3 Å². The molecule has 8 nitrogen and oxygen atoms in total. The lowest BCUT2D eigenvalue weighted by Crippen LogP contribution is -2.55. The fourth-order valence-corrected chi connectivity index (χ4v) is 5.75. The molecule has 1 heterocycles. The Morgan fingerprint density at radius 1 is 0.921 bits per heavy atom. The van der Waals surface area contributed by atoms with E-state index in [4.69, 9.17) is 5.73 Å². The molecule has 2 unspecified atom stereocenters. The second-order valence-electron chi connectivity index (χ2n) is 11.0. The molecule has 0 spiro atoms. The number of hydrogen-bond acceptors (Lipinski definition) is 4. The predicted octanol–water partition coefficient (Wildman–Crippen LogP) is 3.53. The van der Waals surface area contributed by atoms with Gasteiger partial charge in [-0.3, -0.25) is 19.2 Å². The third-order valence-corrected chi connectivity index (χ3v) is 8.32. The normalized spacial score (nSPS) is 20.5. The number of hydrogen-bond donors (Lipinski definition) is 3. The molecule has 2 aliphatic rings. The molecule has 0 radical (unpaired) electrons. The Morgan fingerprint density at radius 3 is 2.34 bits per heavy atom. The molecular formula is C30H40N4O4. The first-order chi connectivity index (χ1) is 18.2. The highest BCUT2D eigenvalue weighted by Gasteiger charge is 2.39. The molecule has 38 heavy (non-hydrogen) atoms. The van der Waals surface area contributed by atoms with E-state index in [0.29, 0.717) is 37.3 Å². The summed E-state index contributed by atoms with van der Waals surface area (Å²) in [6.45, 7) is 3.88. The summed E-state index contributed by atoms with van der Waals surface area (Å²) in [7, 11) is 0. The molecule has 4 rings (SSSR count). The number of rotatable bonds is 9. The Bertz CT molecular complexity index is 1180. The lowest BCUT2D eigenvalue weighted by molar-refractivity contribution is -0.140. The van der Waals surface area contributed by atoms with Crippen molar-refractivity contribution < 1.29 is 19.2 Å². The number of likely N-dealkylation sites (tertiary alicyclic amines) is 1. The molecule has 4 amide bonds. The van der Waals surface area contributed by atoms with Crippen LogP contribution in [0.5, 0.6) is 0 Å². The van der Waals surface area contributed by atoms with Crippen LogP contribution in [0.3, 0.4) is 0 Å². The topological polar surface area (TPSA) is 122 Å². The Hall–Kier alpha value is -3.42. The number of benzene rings is 2. The molecule has 204 valence electrons. The van der Waals surface area contributed by atoms with Gasteiger partial charge in [-0.15, -0.1) is 0 Å². The molecule has 0 aromatic heterocycles. The predicted molar refractivity (Wildman–Crippen MR) is 147 cm³/mol. The molecule has 1 aliphatic heterocycles. The molecule has 4 N–H and O–H groups in total. The van der Waals surface area contributed by atoms with Crippen molar-refractivity contribution in [1.82, 2.24) is 15.5 Å². The number of amides is 4. The Labute approximate surface area is 224 Å². The van der Waals surface area contributed by atoms with Gasteiger partial charge in [0.1, 0.15) is 12.1 Å². The largest absolute Gasteiger partial charge is 0.369 e. The Kier molecular flexibility index (Phi) is 9.02. The van der Waals surface area contributed by atoms with Gasteiger partial charge in [-0.1, -0.05) is 69.4 Å². The fourth-order valence-electron chi connectivity index (χ4n) is 5.75. The van der Waals surface area contributed by atoms with E-state index in [1.807, 2.05) is 36.4 Å². The van der Waals surface area contributed by atoms with Crippen LogP contribution in [0.2, 0.25) is 0 Å². The van der Waals surface area contributed by atoms with Gasteiger partial charge in [0.2, 0.25) is 17.7 Å². The summed E-state index contributed by atoms with van der Waals surface area (Å²) in [5, 5.41) is 7.91. The lowest BCUT2D eigenvalue weighted by Gasteiger charge is -2.32. The fraction of sp³-hybridized carbons (Fsp3) is 0.533. The van der Waals surface area contributed by atoms with E-state index in [0.717, 1.165) is 36.5 Å². The molecule has 0 bridgehead atoms. The van der Waals surface area contributed by atoms with E-state index in [-0.39, 0.29) is 17.7 Å². The van der Waals surface area contributed by atoms with Crippen LogP contribution >= 0.6 is 0 Å². The van der Waals surface area contributed by atoms with Crippen molar-refractivity contribution >= 4 is 34.4 Å². The van der Waals surface area contributed by atoms with Gasteiger partial charge in [-0.05, 0) is 55.0 Å². The van der Waals surface area contributed by atoms with Crippen molar-refractivity contribution in [3.63, 3.8) is 0 Å². The summed E-state index contributed by atoms with van der Waals surface area (Å²) in [5.41, 5.74) is 5.91. The highest BCUT2D eigenvalue weighted by molar-refractivity contribution is 6.01. The lowest BCUT2D eigenvalue weighted by atomic mass is 9.84. The van der Waals surface area contributed by atoms with Crippen LogP contribution in [0.1, 0.15) is 75.6 Å². The third-order valence-electron chi connectivity index (χ3n) is 8.32. The van der Waals surface area contributed by atoms with Crippen LogP contribution in [0.25, 0.3) is 10.8 Å². The van der Waals surface area contributed by atoms with E-state index < -0.39 is 30.0 Å². The van der Waals surface area contributed by atoms with Crippen LogP contribution in [-0.2, 0) is 14.4 Å². The van der Waals surface area contributed by atoms with Gasteiger partial charge in [0.25, 0.3) is 5.91 Å². The minimum absolute atomic E-state index is 0.210. The van der Waals surface area contributed by atoms with Crippen molar-refractivity contribution in [2.45, 2.75) is 83.3 Å². The number of carbonyl (C=O) groups is 4. The maximum atomic E-state index is 13.9. The SMILES string of the molecule is CC(NC(=O)[C@@H]1CCCN1C(=O)[C@@H](CC1CCCCC1)NC(=O)c1ccc2ccccc2c1)C(C)C(N)=O. The average molecular weight is 521 g/mol. The standard InChI is InChI=1S/C30H40N4O4/c1-19(27(31)35)20(2)32-29(37)26-13-8-16-34(26)30(38)25(17-21-9-4-3-5-10-21)33-28(36)24-15-14-22-11-6-7-12-23(22)18-24/h6-7,11-12,14-15,18-21,25-26H,3-5,8-10,13,16-17H2,1-2H3,(H2,31,35)(H,32,37)(H,33,36)/t19?,20?,25-,26+/m1/s1. The Balaban J connectivity index is 1.51. The van der Waals surface area contributed by atoms with Crippen LogP contribution in [0, 0.1) is 11.8 Å². The van der Waals surface area contributed by atoms with E-state index in [9.17, 15) is 19.2 Å². The van der Waals surface area contributed by atoms with Gasteiger partial charge >= 0.3 is 0 Å². The maximum Gasteiger partial charge on any atom is 0.251 e. The van der Waals surface area contributed by atoms with Crippen LogP contribution < -0.4 is 16.4 Å². The van der Waals surface area contributed by atoms with Crippen molar-refractivity contribution in [2.24, 2.45) is 17.6 Å². The Morgan fingerprint density at radius 2 is 1.63 bits per heavy atom. The molecule has 1 saturated heterocycles. The second-order valence-corrected chi connectivity index (χ2v) is 11.0. The summed E-state index contributed by atoms with van der Waals surface area (Å²) in [6.07, 6.45) is 7.38. The first-order valence-corrected chi connectivity index (χ1v) is 13.9. The molecule has 8 heteroatoms. The van der Waals surface area contributed by atoms with Gasteiger partial charge in [0.05, 0.1) is 5.92 Å². The summed E-state index contributed by atoms with van der Waals surface area (Å²) >= 11 is 0. The zero-order valence-corrected chi connectivity index (χ0v) is 22.4. The van der Waals surface area contributed by atoms with E-state index >= 15 is 0 Å². The third kappa shape index (κ3) is 6.52. The monoisotopic (exact) mass is 520 g/mol. The van der Waals surface area contributed by atoms with E-state index in [1.54, 1.807) is 24.8 Å². The summed E-state index contributed by atoms with van der Waals surface area (Å²) in [6, 6.07) is 11.6. The molecular weight excluding hydrogens is 480 g/mol. The molecule has 2 aromatic carbocycles. The average Bonchev–Trinajstić information content (AvgIpc) is 3.42. The van der Waals surface area contributed by atoms with Gasteiger partial charge in [-0.25, -0.2) is 0 Å². The molecule has 1 aliphatic carbocycles. The minimum Gasteiger partial charge on any atom is -0.369 e. The quantitative estimate of drug-likeness (QED) is 0.468. The van der Waals surface area contributed by atoms with Gasteiger partial charge in [0.15, 0.2) is 0 Å². The van der Waals surface area contributed by atoms with Crippen LogP contribution in [0.4, 0.5) is 0 Å². The smallest absolute Gasteiger partial charge is 0.251 e. The minimum atomic E-state index is -0.701. The van der Waals surface area contributed by atoms with Gasteiger partial charge in [0, 0.05) is 18.2 Å². The first-order valence-electron chi connectivity index (χ1n) is 13.9. The summed E-state index contributed by atoms with van der Waals surface area (Å²) in [5.74, 6) is -1.42. The van der Waals surface area contributed by atoms with Crippen LogP contribution in [-0.4, -0.2) is 53.2 Å². The number of primary amides is 1. The number of carbonyl (C=O) groups excluding carboxylic acids is 4. The molecule has 4 atom stereocenters. The number of fused-ring (bicyclic) bond motifs is 1. The summed E-state index contributed by atoms with van der Waals surface area (Å²) in [4.78, 5) is 53.6. The highest BCUT2D eigenvalue weighted by Crippen LogP contribution is 2.29. The summed E-state index contributed by atoms with van der Waals surface area (Å²) < 4.78 is 0. The number of nitrogens with zero attached hydrogens (tertiary/aromatic N) is 1. The van der Waals surface area contributed by atoms with Crippen LogP contribution in [0.15, 0.2) is 42.5 Å². The number of nitrogens with two attached hydrogens (primary N) is 1. The van der Waals surface area contributed by atoms with Crippen molar-refractivity contribution in [3.05, 3.63) is 48.0 Å².